The van der Waals surface area contributed by atoms with Crippen molar-refractivity contribution in [1.82, 2.24) is 14.9 Å². The largest absolute Gasteiger partial charge is 0.351 e. The first-order valence-electron chi connectivity index (χ1n) is 11.1. The summed E-state index contributed by atoms with van der Waals surface area (Å²) in [5, 5.41) is 4.57. The maximum Gasteiger partial charge on any atom is 0.174 e. The van der Waals surface area contributed by atoms with Gasteiger partial charge in [-0.05, 0) is 81.0 Å². The maximum absolute atomic E-state index is 15.1. The number of benzene rings is 2. The van der Waals surface area contributed by atoms with Gasteiger partial charge in [-0.1, -0.05) is 35.9 Å². The monoisotopic (exact) mass is 490 g/mol. The van der Waals surface area contributed by atoms with Gasteiger partial charge in [0.25, 0.3) is 0 Å². The number of anilines is 1. The summed E-state index contributed by atoms with van der Waals surface area (Å²) in [4.78, 5) is 6.50. The SMILES string of the molecule is Cc1c([C@H]2[C@@H](c3ccccn3)NC(=S)N2c2ccccc2F)c(C)n(-c2cccc(Cl)c2)c1C. The van der Waals surface area contributed by atoms with Gasteiger partial charge >= 0.3 is 0 Å². The van der Waals surface area contributed by atoms with E-state index < -0.39 is 0 Å². The first kappa shape index (κ1) is 22.6. The molecule has 4 aromatic rings. The third-order valence-corrected chi connectivity index (χ3v) is 7.13. The molecule has 0 radical (unpaired) electrons. The summed E-state index contributed by atoms with van der Waals surface area (Å²) in [6, 6.07) is 19.8. The molecule has 0 aliphatic carbocycles. The molecule has 34 heavy (non-hydrogen) atoms. The van der Waals surface area contributed by atoms with Crippen LogP contribution in [-0.2, 0) is 0 Å². The number of thiocarbonyl (C=S) groups is 1. The molecule has 0 saturated carbocycles. The lowest BCUT2D eigenvalue weighted by atomic mass is 9.93. The van der Waals surface area contributed by atoms with Crippen LogP contribution in [0.25, 0.3) is 5.69 Å². The van der Waals surface area contributed by atoms with Crippen LogP contribution in [0.15, 0.2) is 72.9 Å². The Bertz CT molecular complexity index is 1380. The molecule has 1 aliphatic rings. The summed E-state index contributed by atoms with van der Waals surface area (Å²) in [6.45, 7) is 6.29. The number of para-hydroxylation sites is 1. The van der Waals surface area contributed by atoms with Crippen LogP contribution in [0.2, 0.25) is 5.02 Å². The number of nitrogens with zero attached hydrogens (tertiary/aromatic N) is 3. The van der Waals surface area contributed by atoms with Crippen molar-refractivity contribution >= 4 is 34.6 Å². The maximum atomic E-state index is 15.1. The van der Waals surface area contributed by atoms with E-state index in [1.54, 1.807) is 18.3 Å². The zero-order valence-corrected chi connectivity index (χ0v) is 20.7. The van der Waals surface area contributed by atoms with Gasteiger partial charge in [0.05, 0.1) is 23.5 Å². The summed E-state index contributed by atoms with van der Waals surface area (Å²) in [6.07, 6.45) is 1.77. The van der Waals surface area contributed by atoms with Crippen LogP contribution in [0.4, 0.5) is 10.1 Å². The van der Waals surface area contributed by atoms with E-state index in [2.05, 4.69) is 35.6 Å². The lowest BCUT2D eigenvalue weighted by molar-refractivity contribution is 0.554. The molecule has 1 N–H and O–H groups in total. The van der Waals surface area contributed by atoms with Gasteiger partial charge < -0.3 is 14.8 Å². The molecule has 0 amide bonds. The first-order chi connectivity index (χ1) is 16.4. The Morgan fingerprint density at radius 1 is 0.971 bits per heavy atom. The second-order valence-corrected chi connectivity index (χ2v) is 9.30. The molecule has 1 saturated heterocycles. The summed E-state index contributed by atoms with van der Waals surface area (Å²) >= 11 is 12.1. The molecule has 172 valence electrons. The molecule has 2 atom stereocenters. The standard InChI is InChI=1S/C27H24ClFN4S/c1-16-17(2)32(20-10-8-9-19(28)15-20)18(3)24(16)26-25(22-12-6-7-14-30-22)31-27(34)33(26)23-13-5-4-11-21(23)29/h4-15,25-26H,1-3H3,(H,31,34)/t25-,26+/m1/s1. The molecular weight excluding hydrogens is 467 g/mol. The second kappa shape index (κ2) is 8.85. The molecule has 0 spiro atoms. The highest BCUT2D eigenvalue weighted by molar-refractivity contribution is 7.80. The lowest BCUT2D eigenvalue weighted by Gasteiger charge is -2.29. The van der Waals surface area contributed by atoms with Crippen molar-refractivity contribution in [1.29, 1.82) is 0 Å². The predicted molar refractivity (Wildman–Crippen MR) is 139 cm³/mol. The molecule has 2 aromatic carbocycles. The summed E-state index contributed by atoms with van der Waals surface area (Å²) < 4.78 is 17.3. The molecule has 0 bridgehead atoms. The molecule has 7 heteroatoms. The molecule has 1 aliphatic heterocycles. The van der Waals surface area contributed by atoms with Gasteiger partial charge in [-0.3, -0.25) is 4.98 Å². The highest BCUT2D eigenvalue weighted by Gasteiger charge is 2.44. The molecular formula is C27H24ClFN4S. The Kier molecular flexibility index (Phi) is 5.88. The van der Waals surface area contributed by atoms with Gasteiger partial charge in [-0.15, -0.1) is 0 Å². The van der Waals surface area contributed by atoms with E-state index in [1.165, 1.54) is 6.07 Å². The van der Waals surface area contributed by atoms with Crippen molar-refractivity contribution < 1.29 is 4.39 Å². The Labute approximate surface area is 209 Å². The van der Waals surface area contributed by atoms with Gasteiger partial charge in [0.15, 0.2) is 5.11 Å². The van der Waals surface area contributed by atoms with Crippen LogP contribution in [0.3, 0.4) is 0 Å². The Hall–Kier alpha value is -3.22. The van der Waals surface area contributed by atoms with Crippen LogP contribution in [0, 0.1) is 26.6 Å². The summed E-state index contributed by atoms with van der Waals surface area (Å²) in [7, 11) is 0. The van der Waals surface area contributed by atoms with Crippen LogP contribution in [0.1, 0.15) is 40.3 Å². The molecule has 1 fully saturated rings. The van der Waals surface area contributed by atoms with Crippen molar-refractivity contribution in [2.45, 2.75) is 32.9 Å². The zero-order valence-electron chi connectivity index (χ0n) is 19.1. The third-order valence-electron chi connectivity index (χ3n) is 6.58. The fourth-order valence-electron chi connectivity index (χ4n) is 5.00. The average Bonchev–Trinajstić information content (AvgIpc) is 3.27. The molecule has 3 heterocycles. The van der Waals surface area contributed by atoms with E-state index >= 15 is 4.39 Å². The number of hydrogen-bond acceptors (Lipinski definition) is 2. The molecule has 5 rings (SSSR count). The van der Waals surface area contributed by atoms with Gasteiger partial charge in [0, 0.05) is 33.9 Å². The molecule has 0 unspecified atom stereocenters. The van der Waals surface area contributed by atoms with Crippen molar-refractivity contribution in [2.24, 2.45) is 0 Å². The Morgan fingerprint density at radius 3 is 2.44 bits per heavy atom. The minimum Gasteiger partial charge on any atom is -0.351 e. The first-order valence-corrected chi connectivity index (χ1v) is 11.9. The van der Waals surface area contributed by atoms with Crippen LogP contribution >= 0.6 is 23.8 Å². The van der Waals surface area contributed by atoms with E-state index in [0.717, 1.165) is 33.9 Å². The van der Waals surface area contributed by atoms with Crippen molar-refractivity contribution in [3.63, 3.8) is 0 Å². The van der Waals surface area contributed by atoms with Gasteiger partial charge in [0.2, 0.25) is 0 Å². The number of rotatable bonds is 4. The number of pyridine rings is 1. The lowest BCUT2D eigenvalue weighted by Crippen LogP contribution is -2.30. The fourth-order valence-corrected chi connectivity index (χ4v) is 5.52. The van der Waals surface area contributed by atoms with Crippen LogP contribution in [-0.4, -0.2) is 14.7 Å². The van der Waals surface area contributed by atoms with Crippen molar-refractivity contribution in [2.75, 3.05) is 4.90 Å². The van der Waals surface area contributed by atoms with Crippen molar-refractivity contribution in [3.8, 4) is 5.69 Å². The minimum atomic E-state index is -0.320. The predicted octanol–water partition coefficient (Wildman–Crippen LogP) is 6.77. The van der Waals surface area contributed by atoms with E-state index in [4.69, 9.17) is 23.8 Å². The number of nitrogens with one attached hydrogen (secondary N) is 1. The van der Waals surface area contributed by atoms with Crippen LogP contribution in [0.5, 0.6) is 0 Å². The van der Waals surface area contributed by atoms with Gasteiger partial charge in [0.1, 0.15) is 5.82 Å². The third kappa shape index (κ3) is 3.67. The van der Waals surface area contributed by atoms with E-state index in [-0.39, 0.29) is 17.9 Å². The van der Waals surface area contributed by atoms with Gasteiger partial charge in [-0.2, -0.15) is 0 Å². The summed E-state index contributed by atoms with van der Waals surface area (Å²) in [5.41, 5.74) is 6.63. The van der Waals surface area contributed by atoms with Crippen LogP contribution < -0.4 is 10.2 Å². The highest BCUT2D eigenvalue weighted by Crippen LogP contribution is 2.45. The number of halogens is 2. The second-order valence-electron chi connectivity index (χ2n) is 8.47. The number of aromatic nitrogens is 2. The topological polar surface area (TPSA) is 33.1 Å². The highest BCUT2D eigenvalue weighted by atomic mass is 35.5. The van der Waals surface area contributed by atoms with E-state index in [9.17, 15) is 0 Å². The minimum absolute atomic E-state index is 0.250. The summed E-state index contributed by atoms with van der Waals surface area (Å²) in [5.74, 6) is -0.320. The quantitative estimate of drug-likeness (QED) is 0.320. The fraction of sp³-hybridized carbons (Fsp3) is 0.185. The Balaban J connectivity index is 1.75. The Morgan fingerprint density at radius 2 is 1.74 bits per heavy atom. The number of hydrogen-bond donors (Lipinski definition) is 1. The average molecular weight is 491 g/mol. The smallest absolute Gasteiger partial charge is 0.174 e. The zero-order chi connectivity index (χ0) is 24.0. The molecule has 2 aromatic heterocycles. The van der Waals surface area contributed by atoms with Crippen molar-refractivity contribution in [3.05, 3.63) is 112 Å². The normalized spacial score (nSPS) is 17.8. The van der Waals surface area contributed by atoms with E-state index in [1.807, 2.05) is 53.4 Å². The molecule has 4 nitrogen and oxygen atoms in total. The van der Waals surface area contributed by atoms with E-state index in [0.29, 0.717) is 15.8 Å². The van der Waals surface area contributed by atoms with Gasteiger partial charge in [-0.25, -0.2) is 4.39 Å².